The number of thiazole rings is 1. The number of aromatic nitrogens is 3. The summed E-state index contributed by atoms with van der Waals surface area (Å²) in [6, 6.07) is 17.3. The number of rotatable bonds is 7. The molecule has 45 heavy (non-hydrogen) atoms. The first-order valence-electron chi connectivity index (χ1n) is 13.6. The van der Waals surface area contributed by atoms with Crippen molar-refractivity contribution in [2.75, 3.05) is 42.4 Å². The van der Waals surface area contributed by atoms with E-state index in [0.29, 0.717) is 9.90 Å². The predicted octanol–water partition coefficient (Wildman–Crippen LogP) is 5.84. The van der Waals surface area contributed by atoms with Crippen molar-refractivity contribution in [3.05, 3.63) is 76.7 Å². The second-order valence-corrected chi connectivity index (χ2v) is 14.4. The summed E-state index contributed by atoms with van der Waals surface area (Å²) in [6.07, 6.45) is -3.13. The zero-order chi connectivity index (χ0) is 32.4. The molecule has 16 heteroatoms. The maximum atomic E-state index is 13.1. The molecule has 0 radical (unpaired) electrons. The van der Waals surface area contributed by atoms with E-state index in [-0.39, 0.29) is 0 Å². The van der Waals surface area contributed by atoms with Crippen LogP contribution in [-0.2, 0) is 21.4 Å². The molecule has 0 aliphatic carbocycles. The van der Waals surface area contributed by atoms with Gasteiger partial charge in [-0.05, 0) is 42.6 Å². The minimum absolute atomic E-state index is 0.323. The molecule has 1 aliphatic heterocycles. The van der Waals surface area contributed by atoms with Crippen molar-refractivity contribution in [3.63, 3.8) is 0 Å². The highest BCUT2D eigenvalue weighted by atomic mass is 32.2. The number of alkyl halides is 3. The second-order valence-electron chi connectivity index (χ2n) is 10.2. The largest absolute Gasteiger partial charge is 0.490 e. The average molecular weight is 679 g/mol. The van der Waals surface area contributed by atoms with Crippen LogP contribution in [0.5, 0.6) is 0 Å². The summed E-state index contributed by atoms with van der Waals surface area (Å²) < 4.78 is 59.7. The van der Waals surface area contributed by atoms with Crippen LogP contribution in [0.3, 0.4) is 0 Å². The number of halogens is 3. The number of sulfonamides is 1. The number of nitrogens with zero attached hydrogens (tertiary/aromatic N) is 5. The van der Waals surface area contributed by atoms with Crippen molar-refractivity contribution in [2.24, 2.45) is 0 Å². The second kappa shape index (κ2) is 13.2. The van der Waals surface area contributed by atoms with Crippen LogP contribution in [0.25, 0.3) is 21.6 Å². The third-order valence-electron chi connectivity index (χ3n) is 7.06. The van der Waals surface area contributed by atoms with Gasteiger partial charge in [0, 0.05) is 61.9 Å². The summed E-state index contributed by atoms with van der Waals surface area (Å²) >= 11 is 2.89. The van der Waals surface area contributed by atoms with Gasteiger partial charge in [0.1, 0.15) is 15.0 Å². The zero-order valence-corrected chi connectivity index (χ0v) is 26.6. The summed E-state index contributed by atoms with van der Waals surface area (Å²) in [5, 5.41) is 10.7. The number of thiophene rings is 1. The molecule has 0 saturated carbocycles. The molecule has 238 valence electrons. The molecule has 0 amide bonds. The highest BCUT2D eigenvalue weighted by molar-refractivity contribution is 7.94. The third kappa shape index (κ3) is 7.46. The summed E-state index contributed by atoms with van der Waals surface area (Å²) in [7, 11) is -2.03. The number of para-hydroxylation sites is 1. The van der Waals surface area contributed by atoms with E-state index in [0.717, 1.165) is 65.8 Å². The fourth-order valence-electron chi connectivity index (χ4n) is 4.76. The third-order valence-corrected chi connectivity index (χ3v) is 11.2. The molecule has 1 saturated heterocycles. The number of carboxylic acid groups (broad SMARTS) is 1. The van der Waals surface area contributed by atoms with Crippen LogP contribution in [0.4, 0.5) is 24.7 Å². The fraction of sp³-hybridized carbons (Fsp3) is 0.276. The van der Waals surface area contributed by atoms with Gasteiger partial charge in [-0.25, -0.2) is 23.2 Å². The smallest absolute Gasteiger partial charge is 0.475 e. The van der Waals surface area contributed by atoms with Gasteiger partial charge in [0.25, 0.3) is 10.0 Å². The van der Waals surface area contributed by atoms with E-state index in [4.69, 9.17) is 14.9 Å². The van der Waals surface area contributed by atoms with Crippen molar-refractivity contribution in [3.8, 4) is 10.7 Å². The SMILES string of the molecule is Cc1cccc(N2CCN(Cc3cnc(-c4cc5cccc(N(C)S(=O)(=O)c6cccs6)c5[nH]4)s3)CC2)n1.O=C(O)C(F)(F)F. The van der Waals surface area contributed by atoms with Crippen molar-refractivity contribution in [1.29, 1.82) is 0 Å². The zero-order valence-electron chi connectivity index (χ0n) is 24.2. The molecule has 0 bridgehead atoms. The van der Waals surface area contributed by atoms with Crippen LogP contribution in [0.2, 0.25) is 0 Å². The summed E-state index contributed by atoms with van der Waals surface area (Å²) in [5.74, 6) is -1.70. The van der Waals surface area contributed by atoms with Crippen molar-refractivity contribution in [2.45, 2.75) is 23.9 Å². The topological polar surface area (TPSA) is 123 Å². The van der Waals surface area contributed by atoms with Crippen LogP contribution < -0.4 is 9.21 Å². The number of aromatic amines is 1. The molecular weight excluding hydrogens is 650 g/mol. The summed E-state index contributed by atoms with van der Waals surface area (Å²) in [5.41, 5.74) is 3.32. The molecular formula is C29H29F3N6O4S3. The van der Waals surface area contributed by atoms with E-state index in [1.165, 1.54) is 20.5 Å². The lowest BCUT2D eigenvalue weighted by Crippen LogP contribution is -2.46. The van der Waals surface area contributed by atoms with Gasteiger partial charge in [0.15, 0.2) is 0 Å². The quantitative estimate of drug-likeness (QED) is 0.220. The van der Waals surface area contributed by atoms with E-state index in [2.05, 4.69) is 31.9 Å². The minimum atomic E-state index is -5.08. The Hall–Kier alpha value is -3.99. The highest BCUT2D eigenvalue weighted by Gasteiger charge is 2.38. The van der Waals surface area contributed by atoms with Gasteiger partial charge in [-0.2, -0.15) is 13.2 Å². The van der Waals surface area contributed by atoms with Gasteiger partial charge >= 0.3 is 12.1 Å². The Labute approximate surface area is 265 Å². The number of H-pyrrole nitrogens is 1. The van der Waals surface area contributed by atoms with Gasteiger partial charge in [0.2, 0.25) is 0 Å². The number of pyridine rings is 1. The van der Waals surface area contributed by atoms with E-state index in [1.807, 2.05) is 43.5 Å². The number of piperazine rings is 1. The first kappa shape index (κ1) is 32.4. The molecule has 0 unspecified atom stereocenters. The minimum Gasteiger partial charge on any atom is -0.475 e. The monoisotopic (exact) mass is 678 g/mol. The van der Waals surface area contributed by atoms with Crippen LogP contribution in [0, 0.1) is 6.92 Å². The Morgan fingerprint density at radius 2 is 1.80 bits per heavy atom. The molecule has 4 aromatic heterocycles. The van der Waals surface area contributed by atoms with Crippen LogP contribution in [0.15, 0.2) is 70.4 Å². The van der Waals surface area contributed by atoms with Gasteiger partial charge in [-0.3, -0.25) is 9.21 Å². The van der Waals surface area contributed by atoms with Crippen molar-refractivity contribution >= 4 is 61.1 Å². The molecule has 0 atom stereocenters. The standard InChI is InChI=1S/C27H28N6O2S3.C2HF3O2/c1-19-6-3-9-24(29-19)33-13-11-32(12-14-33)18-21-17-28-27(37-21)22-16-20-7-4-8-23(26(20)30-22)31(2)38(34,35)25-10-5-15-36-25;3-2(4,5)1(6)7/h3-10,15-17,30H,11-14,18H2,1-2H3;(H,6,7). The molecule has 5 aromatic rings. The molecule has 2 N–H and O–H groups in total. The Morgan fingerprint density at radius 3 is 2.44 bits per heavy atom. The van der Waals surface area contributed by atoms with Gasteiger partial charge in [-0.1, -0.05) is 24.3 Å². The fourth-order valence-corrected chi connectivity index (χ4v) is 8.05. The highest BCUT2D eigenvalue weighted by Crippen LogP contribution is 2.35. The number of nitrogens with one attached hydrogen (secondary N) is 1. The molecule has 0 spiro atoms. The number of benzene rings is 1. The Morgan fingerprint density at radius 1 is 1.09 bits per heavy atom. The molecule has 1 aromatic carbocycles. The number of aryl methyl sites for hydroxylation is 1. The van der Waals surface area contributed by atoms with Gasteiger partial charge in [0.05, 0.1) is 16.9 Å². The van der Waals surface area contributed by atoms with Crippen LogP contribution >= 0.6 is 22.7 Å². The number of fused-ring (bicyclic) bond motifs is 1. The van der Waals surface area contributed by atoms with E-state index in [9.17, 15) is 21.6 Å². The number of anilines is 2. The maximum Gasteiger partial charge on any atom is 0.490 e. The van der Waals surface area contributed by atoms with E-state index < -0.39 is 22.2 Å². The lowest BCUT2D eigenvalue weighted by atomic mass is 10.2. The Bertz CT molecular complexity index is 1880. The normalized spacial score (nSPS) is 14.3. The average Bonchev–Trinajstić information content (AvgIpc) is 3.78. The predicted molar refractivity (Wildman–Crippen MR) is 169 cm³/mol. The van der Waals surface area contributed by atoms with Crippen LogP contribution in [-0.4, -0.2) is 78.7 Å². The number of carbonyl (C=O) groups is 1. The first-order chi connectivity index (χ1) is 21.3. The van der Waals surface area contributed by atoms with Crippen LogP contribution in [0.1, 0.15) is 10.6 Å². The van der Waals surface area contributed by atoms with Gasteiger partial charge < -0.3 is 15.0 Å². The molecule has 5 heterocycles. The molecule has 1 fully saturated rings. The van der Waals surface area contributed by atoms with Gasteiger partial charge in [-0.15, -0.1) is 22.7 Å². The lowest BCUT2D eigenvalue weighted by molar-refractivity contribution is -0.192. The Balaban J connectivity index is 0.000000515. The van der Waals surface area contributed by atoms with Crippen molar-refractivity contribution < 1.29 is 31.5 Å². The number of hydrogen-bond acceptors (Lipinski definition) is 9. The number of carboxylic acids is 1. The summed E-state index contributed by atoms with van der Waals surface area (Å²) in [6.45, 7) is 6.75. The number of aliphatic carboxylic acids is 1. The maximum absolute atomic E-state index is 13.1. The Kier molecular flexibility index (Phi) is 9.48. The number of hydrogen-bond donors (Lipinski definition) is 2. The first-order valence-corrected chi connectivity index (χ1v) is 16.8. The molecule has 6 rings (SSSR count). The van der Waals surface area contributed by atoms with E-state index in [1.54, 1.807) is 35.9 Å². The lowest BCUT2D eigenvalue weighted by Gasteiger charge is -2.35. The molecule has 10 nitrogen and oxygen atoms in total. The van der Waals surface area contributed by atoms with E-state index >= 15 is 0 Å². The van der Waals surface area contributed by atoms with Crippen molar-refractivity contribution in [1.82, 2.24) is 19.9 Å². The summed E-state index contributed by atoms with van der Waals surface area (Å²) in [4.78, 5) is 27.7. The molecule has 1 aliphatic rings.